The van der Waals surface area contributed by atoms with Crippen LogP contribution in [0.25, 0.3) is 27.5 Å². The number of para-hydroxylation sites is 1. The summed E-state index contributed by atoms with van der Waals surface area (Å²) in [6.45, 7) is 5.96. The van der Waals surface area contributed by atoms with Gasteiger partial charge in [0.15, 0.2) is 0 Å². The molecule has 2 aromatic heterocycles. The Morgan fingerprint density at radius 3 is 2.32 bits per heavy atom. The molecule has 0 spiro atoms. The molecule has 0 saturated carbocycles. The van der Waals surface area contributed by atoms with Crippen molar-refractivity contribution < 1.29 is 4.79 Å². The molecule has 34 heavy (non-hydrogen) atoms. The SMILES string of the molecule is CCc1cccc(CC)c1-n1c(C)c(C(=O)NC)cc(-c2nc(-c3ccc(Cl)cc3)cs2)c1=O. The van der Waals surface area contributed by atoms with Crippen molar-refractivity contribution in [2.45, 2.75) is 33.6 Å². The monoisotopic (exact) mass is 491 g/mol. The number of thiazole rings is 1. The van der Waals surface area contributed by atoms with Crippen molar-refractivity contribution in [3.05, 3.63) is 91.7 Å². The largest absolute Gasteiger partial charge is 0.355 e. The summed E-state index contributed by atoms with van der Waals surface area (Å²) in [6.07, 6.45) is 1.54. The Balaban J connectivity index is 1.99. The topological polar surface area (TPSA) is 64.0 Å². The van der Waals surface area contributed by atoms with E-state index in [1.54, 1.807) is 17.7 Å². The zero-order valence-corrected chi connectivity index (χ0v) is 21.2. The van der Waals surface area contributed by atoms with Crippen molar-refractivity contribution in [1.29, 1.82) is 0 Å². The molecule has 0 fully saturated rings. The lowest BCUT2D eigenvalue weighted by atomic mass is 10.0. The summed E-state index contributed by atoms with van der Waals surface area (Å²) >= 11 is 7.41. The smallest absolute Gasteiger partial charge is 0.265 e. The van der Waals surface area contributed by atoms with Gasteiger partial charge in [-0.05, 0) is 49.1 Å². The van der Waals surface area contributed by atoms with Gasteiger partial charge in [0, 0.05) is 28.7 Å². The van der Waals surface area contributed by atoms with Crippen LogP contribution in [0.1, 0.15) is 41.0 Å². The normalized spacial score (nSPS) is 11.0. The lowest BCUT2D eigenvalue weighted by molar-refractivity contribution is 0.0962. The minimum Gasteiger partial charge on any atom is -0.355 e. The third kappa shape index (κ3) is 4.31. The molecule has 0 bridgehead atoms. The molecule has 5 nitrogen and oxygen atoms in total. The first kappa shape index (κ1) is 23.9. The molecule has 1 amide bonds. The van der Waals surface area contributed by atoms with Crippen molar-refractivity contribution in [2.24, 2.45) is 0 Å². The van der Waals surface area contributed by atoms with Gasteiger partial charge < -0.3 is 5.32 Å². The number of nitrogens with zero attached hydrogens (tertiary/aromatic N) is 2. The number of aryl methyl sites for hydroxylation is 2. The molecule has 2 heterocycles. The van der Waals surface area contributed by atoms with Crippen LogP contribution in [-0.2, 0) is 12.8 Å². The van der Waals surface area contributed by atoms with Crippen molar-refractivity contribution in [3.63, 3.8) is 0 Å². The van der Waals surface area contributed by atoms with Crippen LogP contribution in [-0.4, -0.2) is 22.5 Å². The highest BCUT2D eigenvalue weighted by Crippen LogP contribution is 2.30. The molecule has 0 radical (unpaired) electrons. The van der Waals surface area contributed by atoms with Gasteiger partial charge in [-0.1, -0.05) is 55.8 Å². The lowest BCUT2D eigenvalue weighted by Crippen LogP contribution is -2.29. The number of amides is 1. The van der Waals surface area contributed by atoms with Crippen LogP contribution in [0.15, 0.2) is 58.7 Å². The van der Waals surface area contributed by atoms with E-state index in [0.717, 1.165) is 40.9 Å². The predicted octanol–water partition coefficient (Wildman–Crippen LogP) is 6.07. The number of rotatable bonds is 6. The number of carbonyl (C=O) groups excluding carboxylic acids is 1. The summed E-state index contributed by atoms with van der Waals surface area (Å²) in [4.78, 5) is 31.5. The summed E-state index contributed by atoms with van der Waals surface area (Å²) in [7, 11) is 1.59. The van der Waals surface area contributed by atoms with Gasteiger partial charge in [0.2, 0.25) is 0 Å². The van der Waals surface area contributed by atoms with Crippen molar-refractivity contribution in [1.82, 2.24) is 14.9 Å². The Kier molecular flexibility index (Phi) is 7.00. The van der Waals surface area contributed by atoms with Crippen molar-refractivity contribution >= 4 is 28.8 Å². The zero-order chi connectivity index (χ0) is 24.4. The average molecular weight is 492 g/mol. The molecule has 0 aliphatic heterocycles. The Morgan fingerprint density at radius 2 is 1.74 bits per heavy atom. The fourth-order valence-corrected chi connectivity index (χ4v) is 5.11. The lowest BCUT2D eigenvalue weighted by Gasteiger charge is -2.20. The number of carbonyl (C=O) groups is 1. The van der Waals surface area contributed by atoms with Gasteiger partial charge in [0.25, 0.3) is 11.5 Å². The van der Waals surface area contributed by atoms with Gasteiger partial charge in [0.05, 0.1) is 22.5 Å². The third-order valence-electron chi connectivity index (χ3n) is 5.98. The van der Waals surface area contributed by atoms with Gasteiger partial charge in [-0.2, -0.15) is 0 Å². The second-order valence-corrected chi connectivity index (χ2v) is 9.25. The number of hydrogen-bond donors (Lipinski definition) is 1. The Morgan fingerprint density at radius 1 is 1.09 bits per heavy atom. The van der Waals surface area contributed by atoms with Crippen LogP contribution in [0.2, 0.25) is 5.02 Å². The van der Waals surface area contributed by atoms with E-state index in [1.165, 1.54) is 11.3 Å². The molecule has 7 heteroatoms. The molecule has 1 N–H and O–H groups in total. The fourth-order valence-electron chi connectivity index (χ4n) is 4.14. The molecule has 0 aliphatic rings. The van der Waals surface area contributed by atoms with Gasteiger partial charge in [-0.15, -0.1) is 11.3 Å². The summed E-state index contributed by atoms with van der Waals surface area (Å²) < 4.78 is 1.70. The molecule has 0 atom stereocenters. The van der Waals surface area contributed by atoms with E-state index in [-0.39, 0.29) is 11.5 Å². The van der Waals surface area contributed by atoms with Gasteiger partial charge in [0.1, 0.15) is 5.01 Å². The Labute approximate surface area is 208 Å². The van der Waals surface area contributed by atoms with E-state index in [0.29, 0.717) is 26.9 Å². The highest BCUT2D eigenvalue weighted by Gasteiger charge is 2.22. The first-order chi connectivity index (χ1) is 16.4. The third-order valence-corrected chi connectivity index (χ3v) is 7.11. The summed E-state index contributed by atoms with van der Waals surface area (Å²) in [5, 5.41) is 5.84. The van der Waals surface area contributed by atoms with E-state index in [1.807, 2.05) is 54.8 Å². The number of halogens is 1. The first-order valence-electron chi connectivity index (χ1n) is 11.2. The highest BCUT2D eigenvalue weighted by molar-refractivity contribution is 7.13. The predicted molar refractivity (Wildman–Crippen MR) is 140 cm³/mol. The van der Waals surface area contributed by atoms with Crippen LogP contribution >= 0.6 is 22.9 Å². The van der Waals surface area contributed by atoms with Crippen molar-refractivity contribution in [3.8, 4) is 27.5 Å². The summed E-state index contributed by atoms with van der Waals surface area (Å²) in [5.41, 5.74) is 5.93. The number of nitrogens with one attached hydrogen (secondary N) is 1. The van der Waals surface area contributed by atoms with E-state index in [2.05, 4.69) is 19.2 Å². The van der Waals surface area contributed by atoms with Crippen LogP contribution in [0.5, 0.6) is 0 Å². The van der Waals surface area contributed by atoms with Crippen LogP contribution in [0, 0.1) is 6.92 Å². The molecule has 4 aromatic rings. The molecule has 2 aromatic carbocycles. The number of pyridine rings is 1. The molecule has 0 saturated heterocycles. The number of hydrogen-bond acceptors (Lipinski definition) is 4. The summed E-state index contributed by atoms with van der Waals surface area (Å²) in [5.74, 6) is -0.242. The molecule has 0 unspecified atom stereocenters. The maximum Gasteiger partial charge on any atom is 0.265 e. The van der Waals surface area contributed by atoms with E-state index in [4.69, 9.17) is 16.6 Å². The van der Waals surface area contributed by atoms with E-state index < -0.39 is 0 Å². The summed E-state index contributed by atoms with van der Waals surface area (Å²) in [6, 6.07) is 15.2. The minimum atomic E-state index is -0.242. The number of benzene rings is 2. The molecule has 4 rings (SSSR count). The molecular weight excluding hydrogens is 466 g/mol. The van der Waals surface area contributed by atoms with E-state index in [9.17, 15) is 9.59 Å². The van der Waals surface area contributed by atoms with Crippen LogP contribution in [0.3, 0.4) is 0 Å². The maximum absolute atomic E-state index is 14.0. The minimum absolute atomic E-state index is 0.183. The van der Waals surface area contributed by atoms with Crippen LogP contribution in [0.4, 0.5) is 0 Å². The second-order valence-electron chi connectivity index (χ2n) is 7.95. The Hall–Kier alpha value is -3.22. The van der Waals surface area contributed by atoms with Crippen molar-refractivity contribution in [2.75, 3.05) is 7.05 Å². The molecule has 174 valence electrons. The number of aromatic nitrogens is 2. The average Bonchev–Trinajstić information content (AvgIpc) is 3.34. The standard InChI is InChI=1S/C27H26ClN3O2S/c1-5-17-8-7-9-18(6-2)24(17)31-16(3)21(25(32)29-4)14-22(27(31)33)26-30-23(15-34-26)19-10-12-20(28)13-11-19/h7-15H,5-6H2,1-4H3,(H,29,32). The quantitative estimate of drug-likeness (QED) is 0.356. The molecule has 0 aliphatic carbocycles. The molecular formula is C27H26ClN3O2S. The Bertz CT molecular complexity index is 1400. The van der Waals surface area contributed by atoms with E-state index >= 15 is 0 Å². The highest BCUT2D eigenvalue weighted by atomic mass is 35.5. The van der Waals surface area contributed by atoms with Crippen LogP contribution < -0.4 is 10.9 Å². The maximum atomic E-state index is 14.0. The second kappa shape index (κ2) is 9.95. The zero-order valence-electron chi connectivity index (χ0n) is 19.6. The van der Waals surface area contributed by atoms with Gasteiger partial charge >= 0.3 is 0 Å². The van der Waals surface area contributed by atoms with Gasteiger partial charge in [-0.3, -0.25) is 14.2 Å². The van der Waals surface area contributed by atoms with Gasteiger partial charge in [-0.25, -0.2) is 4.98 Å². The fraction of sp³-hybridized carbons (Fsp3) is 0.222. The first-order valence-corrected chi connectivity index (χ1v) is 12.5.